The quantitative estimate of drug-likeness (QED) is 0.355. The Morgan fingerprint density at radius 3 is 2.21 bits per heavy atom. The SMILES string of the molecule is COc1ccc(C(O)=C2C(=O)C(=O)N(Cc3ccncc3)[C@@H]2c2ccc(N(C)C)cc2)cc1. The number of Topliss-reactive ketones (excluding diaryl/α,β-unsaturated/α-hetero) is 1. The fraction of sp³-hybridized carbons (Fsp3) is 0.192. The molecular formula is C26H25N3O4. The maximum atomic E-state index is 13.1. The van der Waals surface area contributed by atoms with Crippen molar-refractivity contribution < 1.29 is 19.4 Å². The molecule has 1 saturated heterocycles. The van der Waals surface area contributed by atoms with Crippen LogP contribution < -0.4 is 9.64 Å². The van der Waals surface area contributed by atoms with E-state index in [1.54, 1.807) is 55.9 Å². The van der Waals surface area contributed by atoms with Gasteiger partial charge in [0.25, 0.3) is 11.7 Å². The highest BCUT2D eigenvalue weighted by Crippen LogP contribution is 2.40. The zero-order valence-corrected chi connectivity index (χ0v) is 18.7. The van der Waals surface area contributed by atoms with E-state index in [0.29, 0.717) is 11.3 Å². The van der Waals surface area contributed by atoms with Gasteiger partial charge in [0, 0.05) is 44.3 Å². The zero-order valence-electron chi connectivity index (χ0n) is 18.7. The third-order valence-electron chi connectivity index (χ3n) is 5.73. The first kappa shape index (κ1) is 22.1. The largest absolute Gasteiger partial charge is 0.507 e. The number of nitrogens with zero attached hydrogens (tertiary/aromatic N) is 3. The molecule has 4 rings (SSSR count). The summed E-state index contributed by atoms with van der Waals surface area (Å²) < 4.78 is 5.18. The highest BCUT2D eigenvalue weighted by molar-refractivity contribution is 6.46. The number of ketones is 1. The van der Waals surface area contributed by atoms with Crippen LogP contribution in [-0.2, 0) is 16.1 Å². The van der Waals surface area contributed by atoms with Crippen molar-refractivity contribution in [3.8, 4) is 5.75 Å². The summed E-state index contributed by atoms with van der Waals surface area (Å²) in [4.78, 5) is 33.7. The van der Waals surface area contributed by atoms with Crippen LogP contribution >= 0.6 is 0 Å². The third kappa shape index (κ3) is 4.30. The predicted molar refractivity (Wildman–Crippen MR) is 126 cm³/mol. The van der Waals surface area contributed by atoms with Gasteiger partial charge in [0.1, 0.15) is 11.5 Å². The van der Waals surface area contributed by atoms with Gasteiger partial charge in [0.2, 0.25) is 0 Å². The fourth-order valence-corrected chi connectivity index (χ4v) is 3.93. The molecule has 1 aliphatic rings. The molecule has 0 bridgehead atoms. The number of pyridine rings is 1. The number of rotatable bonds is 6. The predicted octanol–water partition coefficient (Wildman–Crippen LogP) is 3.78. The number of anilines is 1. The number of hydrogen-bond donors (Lipinski definition) is 1. The van der Waals surface area contributed by atoms with Crippen molar-refractivity contribution in [1.29, 1.82) is 0 Å². The van der Waals surface area contributed by atoms with E-state index < -0.39 is 17.7 Å². The summed E-state index contributed by atoms with van der Waals surface area (Å²) in [6.07, 6.45) is 3.29. The Morgan fingerprint density at radius 1 is 1.00 bits per heavy atom. The van der Waals surface area contributed by atoms with Gasteiger partial charge in [-0.25, -0.2) is 0 Å². The molecule has 1 aromatic heterocycles. The summed E-state index contributed by atoms with van der Waals surface area (Å²) in [5, 5.41) is 11.2. The topological polar surface area (TPSA) is 83.0 Å². The monoisotopic (exact) mass is 443 g/mol. The van der Waals surface area contributed by atoms with Gasteiger partial charge in [0.15, 0.2) is 0 Å². The lowest BCUT2D eigenvalue weighted by molar-refractivity contribution is -0.140. The van der Waals surface area contributed by atoms with Crippen LogP contribution in [0.15, 0.2) is 78.6 Å². The molecule has 0 saturated carbocycles. The Hall–Kier alpha value is -4.13. The van der Waals surface area contributed by atoms with E-state index in [0.717, 1.165) is 16.8 Å². The smallest absolute Gasteiger partial charge is 0.295 e. The summed E-state index contributed by atoms with van der Waals surface area (Å²) in [6, 6.07) is 17.2. The minimum Gasteiger partial charge on any atom is -0.507 e. The maximum absolute atomic E-state index is 13.1. The third-order valence-corrected chi connectivity index (χ3v) is 5.73. The zero-order chi connectivity index (χ0) is 23.5. The minimum atomic E-state index is -0.725. The van der Waals surface area contributed by atoms with Crippen molar-refractivity contribution in [2.24, 2.45) is 0 Å². The van der Waals surface area contributed by atoms with E-state index in [9.17, 15) is 14.7 Å². The standard InChI is InChI=1S/C26H25N3O4/c1-28(2)20-8-4-18(5-9-20)23-22(24(30)19-6-10-21(33-3)11-7-19)25(31)26(32)29(23)16-17-12-14-27-15-13-17/h4-15,23,30H,16H2,1-3H3/t23-/m1/s1. The average molecular weight is 444 g/mol. The molecule has 33 heavy (non-hydrogen) atoms. The lowest BCUT2D eigenvalue weighted by Gasteiger charge is -2.26. The number of likely N-dealkylation sites (tertiary alicyclic amines) is 1. The Balaban J connectivity index is 1.83. The second kappa shape index (κ2) is 9.16. The number of aliphatic hydroxyl groups is 1. The first-order valence-corrected chi connectivity index (χ1v) is 10.5. The summed E-state index contributed by atoms with van der Waals surface area (Å²) in [5.41, 5.74) is 3.07. The summed E-state index contributed by atoms with van der Waals surface area (Å²) >= 11 is 0. The van der Waals surface area contributed by atoms with Crippen LogP contribution in [0.1, 0.15) is 22.7 Å². The number of amides is 1. The van der Waals surface area contributed by atoms with Gasteiger partial charge in [-0.2, -0.15) is 0 Å². The van der Waals surface area contributed by atoms with Crippen LogP contribution in [0.3, 0.4) is 0 Å². The van der Waals surface area contributed by atoms with Gasteiger partial charge in [-0.1, -0.05) is 12.1 Å². The van der Waals surface area contributed by atoms with Crippen molar-refractivity contribution >= 4 is 23.1 Å². The van der Waals surface area contributed by atoms with E-state index in [4.69, 9.17) is 4.74 Å². The van der Waals surface area contributed by atoms with Crippen LogP contribution in [0, 0.1) is 0 Å². The van der Waals surface area contributed by atoms with Gasteiger partial charge in [-0.05, 0) is 59.7 Å². The van der Waals surface area contributed by atoms with Crippen LogP contribution in [-0.4, -0.2) is 47.9 Å². The van der Waals surface area contributed by atoms with E-state index in [2.05, 4.69) is 4.98 Å². The molecule has 0 unspecified atom stereocenters. The molecule has 0 aliphatic carbocycles. The molecule has 0 spiro atoms. The number of aliphatic hydroxyl groups excluding tert-OH is 1. The molecule has 1 amide bonds. The Labute approximate surface area is 192 Å². The number of carbonyl (C=O) groups is 2. The highest BCUT2D eigenvalue weighted by Gasteiger charge is 2.46. The molecule has 1 aliphatic heterocycles. The summed E-state index contributed by atoms with van der Waals surface area (Å²) in [7, 11) is 5.43. The average Bonchev–Trinajstić information content (AvgIpc) is 3.09. The van der Waals surface area contributed by atoms with Crippen LogP contribution in [0.2, 0.25) is 0 Å². The Morgan fingerprint density at radius 2 is 1.64 bits per heavy atom. The lowest BCUT2D eigenvalue weighted by Crippen LogP contribution is -2.29. The molecule has 1 N–H and O–H groups in total. The lowest BCUT2D eigenvalue weighted by atomic mass is 9.95. The second-order valence-corrected chi connectivity index (χ2v) is 8.00. The van der Waals surface area contributed by atoms with E-state index in [-0.39, 0.29) is 17.9 Å². The Kier molecular flexibility index (Phi) is 6.13. The van der Waals surface area contributed by atoms with Gasteiger partial charge >= 0.3 is 0 Å². The molecule has 1 atom stereocenters. The van der Waals surface area contributed by atoms with Gasteiger partial charge in [0.05, 0.1) is 18.7 Å². The first-order chi connectivity index (χ1) is 15.9. The molecule has 2 heterocycles. The number of ether oxygens (including phenoxy) is 1. The number of aromatic nitrogens is 1. The van der Waals surface area contributed by atoms with E-state index >= 15 is 0 Å². The van der Waals surface area contributed by atoms with Gasteiger partial charge < -0.3 is 19.6 Å². The maximum Gasteiger partial charge on any atom is 0.295 e. The number of carbonyl (C=O) groups excluding carboxylic acids is 2. The molecule has 7 nitrogen and oxygen atoms in total. The summed E-state index contributed by atoms with van der Waals surface area (Å²) in [5.74, 6) is -0.946. The van der Waals surface area contributed by atoms with Crippen molar-refractivity contribution in [2.45, 2.75) is 12.6 Å². The van der Waals surface area contributed by atoms with Crippen LogP contribution in [0.4, 0.5) is 5.69 Å². The Bertz CT molecular complexity index is 1190. The fourth-order valence-electron chi connectivity index (χ4n) is 3.93. The number of hydrogen-bond acceptors (Lipinski definition) is 6. The molecule has 0 radical (unpaired) electrons. The number of benzene rings is 2. The molecule has 2 aromatic carbocycles. The van der Waals surface area contributed by atoms with E-state index in [1.807, 2.05) is 43.3 Å². The van der Waals surface area contributed by atoms with Crippen molar-refractivity contribution in [2.75, 3.05) is 26.1 Å². The normalized spacial score (nSPS) is 17.3. The summed E-state index contributed by atoms with van der Waals surface area (Å²) in [6.45, 7) is 0.215. The van der Waals surface area contributed by atoms with Gasteiger partial charge in [-0.15, -0.1) is 0 Å². The van der Waals surface area contributed by atoms with Crippen LogP contribution in [0.5, 0.6) is 5.75 Å². The number of methoxy groups -OCH3 is 1. The molecular weight excluding hydrogens is 418 g/mol. The van der Waals surface area contributed by atoms with Crippen molar-refractivity contribution in [3.05, 3.63) is 95.3 Å². The van der Waals surface area contributed by atoms with Crippen molar-refractivity contribution in [3.63, 3.8) is 0 Å². The van der Waals surface area contributed by atoms with Crippen molar-refractivity contribution in [1.82, 2.24) is 9.88 Å². The second-order valence-electron chi connectivity index (χ2n) is 8.00. The highest BCUT2D eigenvalue weighted by atomic mass is 16.5. The molecule has 168 valence electrons. The van der Waals surface area contributed by atoms with Crippen LogP contribution in [0.25, 0.3) is 5.76 Å². The molecule has 3 aromatic rings. The van der Waals surface area contributed by atoms with Gasteiger partial charge in [-0.3, -0.25) is 14.6 Å². The first-order valence-electron chi connectivity index (χ1n) is 10.5. The molecule has 1 fully saturated rings. The minimum absolute atomic E-state index is 0.0665. The van der Waals surface area contributed by atoms with E-state index in [1.165, 1.54) is 4.90 Å². The molecule has 7 heteroatoms.